The predicted molar refractivity (Wildman–Crippen MR) is 251 cm³/mol. The molecule has 4 heterocycles. The Bertz CT molecular complexity index is 3580. The Hall–Kier alpha value is -8.20. The minimum atomic E-state index is 0.521. The van der Waals surface area contributed by atoms with Gasteiger partial charge >= 0.3 is 0 Å². The van der Waals surface area contributed by atoms with E-state index in [9.17, 15) is 0 Å². The fraction of sp³-hybridized carbons (Fsp3) is 0. The van der Waals surface area contributed by atoms with E-state index < -0.39 is 0 Å². The van der Waals surface area contributed by atoms with Gasteiger partial charge in [0.2, 0.25) is 0 Å². The minimum absolute atomic E-state index is 0.521. The fourth-order valence-corrected chi connectivity index (χ4v) is 9.52. The maximum atomic E-state index is 6.31. The van der Waals surface area contributed by atoms with E-state index in [1.165, 1.54) is 20.2 Å². The molecule has 0 unspecified atom stereocenters. The lowest BCUT2D eigenvalue weighted by Crippen LogP contribution is -2.03. The first-order valence-corrected chi connectivity index (χ1v) is 21.2. The van der Waals surface area contributed by atoms with Crippen molar-refractivity contribution < 1.29 is 4.42 Å². The van der Waals surface area contributed by atoms with Gasteiger partial charge in [-0.15, -0.1) is 11.3 Å². The monoisotopic (exact) mass is 812 g/mol. The summed E-state index contributed by atoms with van der Waals surface area (Å²) in [6.45, 7) is 0. The molecule has 4 aromatic heterocycles. The molecule has 12 aromatic rings. The molecular weight excluding hydrogens is 781 g/mol. The van der Waals surface area contributed by atoms with E-state index in [4.69, 9.17) is 34.3 Å². The van der Waals surface area contributed by atoms with Crippen LogP contribution >= 0.6 is 11.3 Å². The van der Waals surface area contributed by atoms with Crippen molar-refractivity contribution in [3.8, 4) is 79.5 Å². The molecule has 0 radical (unpaired) electrons. The first-order chi connectivity index (χ1) is 30.7. The lowest BCUT2D eigenvalue weighted by molar-refractivity contribution is 0.669. The molecule has 290 valence electrons. The normalized spacial score (nSPS) is 11.5. The molecule has 8 aromatic carbocycles. The summed E-state index contributed by atoms with van der Waals surface area (Å²) in [7, 11) is 0. The van der Waals surface area contributed by atoms with Crippen molar-refractivity contribution in [2.45, 2.75) is 0 Å². The molecule has 0 bridgehead atoms. The Kier molecular flexibility index (Phi) is 8.53. The number of thiophene rings is 1. The number of aromatic nitrogens is 6. The van der Waals surface area contributed by atoms with Gasteiger partial charge in [0.1, 0.15) is 11.2 Å². The molecule has 7 nitrogen and oxygen atoms in total. The quantitative estimate of drug-likeness (QED) is 0.158. The van der Waals surface area contributed by atoms with Gasteiger partial charge < -0.3 is 4.42 Å². The van der Waals surface area contributed by atoms with Crippen LogP contribution in [0.15, 0.2) is 199 Å². The summed E-state index contributed by atoms with van der Waals surface area (Å²) in [4.78, 5) is 31.1. The highest BCUT2D eigenvalue weighted by Gasteiger charge is 2.22. The number of para-hydroxylation sites is 1. The number of rotatable bonds is 7. The standard InChI is InChI=1S/C54H32N6OS/c1-4-16-33(17-5-1)49-55-50(34-18-6-2-7-19-34)59-54(58-49)43-32-36(30-31-37(43)39-24-14-25-40-38-22-11-13-29-46(38)62-48(39)40)52-56-51(35-20-8-3-9-21-35)57-53(60-52)42-26-15-28-45-47(42)41-23-10-12-27-44(41)61-45/h1-32H. The zero-order valence-electron chi connectivity index (χ0n) is 33.0. The van der Waals surface area contributed by atoms with Crippen molar-refractivity contribution in [3.63, 3.8) is 0 Å². The average Bonchev–Trinajstić information content (AvgIpc) is 3.93. The summed E-state index contributed by atoms with van der Waals surface area (Å²) >= 11 is 1.80. The maximum absolute atomic E-state index is 6.31. The van der Waals surface area contributed by atoms with E-state index in [2.05, 4.69) is 72.8 Å². The van der Waals surface area contributed by atoms with Crippen molar-refractivity contribution >= 4 is 53.4 Å². The van der Waals surface area contributed by atoms with Crippen LogP contribution in [0.4, 0.5) is 0 Å². The molecular formula is C54H32N6OS. The highest BCUT2D eigenvalue weighted by Crippen LogP contribution is 2.44. The molecule has 0 aliphatic heterocycles. The van der Waals surface area contributed by atoms with Gasteiger partial charge in [-0.25, -0.2) is 29.9 Å². The summed E-state index contributed by atoms with van der Waals surface area (Å²) in [6.07, 6.45) is 0. The van der Waals surface area contributed by atoms with Crippen molar-refractivity contribution in [3.05, 3.63) is 194 Å². The van der Waals surface area contributed by atoms with Gasteiger partial charge in [-0.1, -0.05) is 170 Å². The molecule has 0 amide bonds. The molecule has 0 saturated heterocycles. The smallest absolute Gasteiger partial charge is 0.164 e. The van der Waals surface area contributed by atoms with Gasteiger partial charge in [0.15, 0.2) is 34.9 Å². The third kappa shape index (κ3) is 6.20. The van der Waals surface area contributed by atoms with Crippen LogP contribution in [0.5, 0.6) is 0 Å². The van der Waals surface area contributed by atoms with Crippen molar-refractivity contribution in [1.29, 1.82) is 0 Å². The van der Waals surface area contributed by atoms with Crippen molar-refractivity contribution in [2.24, 2.45) is 0 Å². The zero-order valence-corrected chi connectivity index (χ0v) is 33.8. The summed E-state index contributed by atoms with van der Waals surface area (Å²) in [5.41, 5.74) is 8.81. The van der Waals surface area contributed by atoms with Crippen LogP contribution < -0.4 is 0 Å². The summed E-state index contributed by atoms with van der Waals surface area (Å²) in [5.74, 6) is 3.34. The van der Waals surface area contributed by atoms with E-state index in [0.29, 0.717) is 34.9 Å². The molecule has 0 aliphatic rings. The Balaban J connectivity index is 1.13. The molecule has 0 atom stereocenters. The number of benzene rings is 8. The molecule has 8 heteroatoms. The second-order valence-corrected chi connectivity index (χ2v) is 16.1. The number of furan rings is 1. The number of hydrogen-bond donors (Lipinski definition) is 0. The van der Waals surface area contributed by atoms with Gasteiger partial charge in [-0.2, -0.15) is 0 Å². The first kappa shape index (κ1) is 35.7. The third-order valence-corrected chi connectivity index (χ3v) is 12.4. The van der Waals surface area contributed by atoms with Crippen LogP contribution in [0.1, 0.15) is 0 Å². The van der Waals surface area contributed by atoms with Gasteiger partial charge in [0.25, 0.3) is 0 Å². The van der Waals surface area contributed by atoms with E-state index >= 15 is 0 Å². The van der Waals surface area contributed by atoms with E-state index in [1.807, 2.05) is 121 Å². The maximum Gasteiger partial charge on any atom is 0.164 e. The lowest BCUT2D eigenvalue weighted by Gasteiger charge is -2.15. The van der Waals surface area contributed by atoms with Gasteiger partial charge in [-0.3, -0.25) is 0 Å². The Morgan fingerprint density at radius 2 is 0.790 bits per heavy atom. The number of hydrogen-bond acceptors (Lipinski definition) is 8. The SMILES string of the molecule is c1ccc(-c2nc(-c3ccccc3)nc(-c3cc(-c4nc(-c5ccccc5)nc(-c5cccc6oc7ccccc7c56)n4)ccc3-c3cccc4c3sc3ccccc34)n2)cc1. The molecule has 0 saturated carbocycles. The topological polar surface area (TPSA) is 90.5 Å². The summed E-state index contributed by atoms with van der Waals surface area (Å²) in [5, 5.41) is 4.40. The van der Waals surface area contributed by atoms with E-state index in [1.54, 1.807) is 11.3 Å². The molecule has 0 aliphatic carbocycles. The summed E-state index contributed by atoms with van der Waals surface area (Å²) < 4.78 is 8.73. The first-order valence-electron chi connectivity index (χ1n) is 20.4. The highest BCUT2D eigenvalue weighted by molar-refractivity contribution is 7.26. The zero-order chi connectivity index (χ0) is 41.0. The van der Waals surface area contributed by atoms with Crippen LogP contribution in [-0.4, -0.2) is 29.9 Å². The van der Waals surface area contributed by atoms with Crippen LogP contribution in [0.3, 0.4) is 0 Å². The molecule has 0 fully saturated rings. The number of nitrogens with zero attached hydrogens (tertiary/aromatic N) is 6. The Morgan fingerprint density at radius 1 is 0.306 bits per heavy atom. The molecule has 0 spiro atoms. The molecule has 62 heavy (non-hydrogen) atoms. The summed E-state index contributed by atoms with van der Waals surface area (Å²) in [6, 6.07) is 65.8. The lowest BCUT2D eigenvalue weighted by atomic mass is 9.95. The predicted octanol–water partition coefficient (Wildman–Crippen LogP) is 14.0. The van der Waals surface area contributed by atoms with Crippen LogP contribution in [0.25, 0.3) is 122 Å². The third-order valence-electron chi connectivity index (χ3n) is 11.2. The Morgan fingerprint density at radius 3 is 1.45 bits per heavy atom. The molecule has 0 N–H and O–H groups in total. The van der Waals surface area contributed by atoms with Crippen LogP contribution in [-0.2, 0) is 0 Å². The second-order valence-electron chi connectivity index (χ2n) is 15.0. The molecule has 12 rings (SSSR count). The Labute approximate surface area is 359 Å². The fourth-order valence-electron chi connectivity index (χ4n) is 8.29. The highest BCUT2D eigenvalue weighted by atomic mass is 32.1. The van der Waals surface area contributed by atoms with Gasteiger partial charge in [-0.05, 0) is 29.8 Å². The van der Waals surface area contributed by atoms with Crippen LogP contribution in [0, 0.1) is 0 Å². The van der Waals surface area contributed by atoms with Crippen molar-refractivity contribution in [2.75, 3.05) is 0 Å². The largest absolute Gasteiger partial charge is 0.456 e. The van der Waals surface area contributed by atoms with Crippen LogP contribution in [0.2, 0.25) is 0 Å². The second kappa shape index (κ2) is 14.8. The average molecular weight is 813 g/mol. The number of fused-ring (bicyclic) bond motifs is 6. The van der Waals surface area contributed by atoms with Gasteiger partial charge in [0, 0.05) is 69.9 Å². The van der Waals surface area contributed by atoms with Gasteiger partial charge in [0.05, 0.1) is 0 Å². The van der Waals surface area contributed by atoms with Crippen molar-refractivity contribution in [1.82, 2.24) is 29.9 Å². The van der Waals surface area contributed by atoms with E-state index in [-0.39, 0.29) is 0 Å². The minimum Gasteiger partial charge on any atom is -0.456 e. The van der Waals surface area contributed by atoms with E-state index in [0.717, 1.165) is 66.4 Å².